The zero-order valence-corrected chi connectivity index (χ0v) is 9.29. The lowest BCUT2D eigenvalue weighted by Gasteiger charge is -2.02. The van der Waals surface area contributed by atoms with Crippen molar-refractivity contribution in [1.29, 1.82) is 0 Å². The zero-order chi connectivity index (χ0) is 11.1. The van der Waals surface area contributed by atoms with Gasteiger partial charge in [0.25, 0.3) is 0 Å². The van der Waals surface area contributed by atoms with Crippen molar-refractivity contribution >= 4 is 28.5 Å². The van der Waals surface area contributed by atoms with Gasteiger partial charge < -0.3 is 0 Å². The molecule has 2 aromatic rings. The van der Waals surface area contributed by atoms with Crippen LogP contribution in [0.25, 0.3) is 16.9 Å². The number of H-pyrrole nitrogens is 1. The number of nitrogens with zero attached hydrogens (tertiary/aromatic N) is 2. The normalized spacial score (nSPS) is 15.7. The molecule has 0 bridgehead atoms. The number of aromatic nitrogens is 3. The van der Waals surface area contributed by atoms with Crippen LogP contribution in [0, 0.1) is 0 Å². The minimum atomic E-state index is -0.141. The first-order chi connectivity index (χ1) is 7.75. The van der Waals surface area contributed by atoms with Gasteiger partial charge in [0.2, 0.25) is 0 Å². The Balaban J connectivity index is 2.33. The van der Waals surface area contributed by atoms with E-state index < -0.39 is 0 Å². The number of imidazole rings is 1. The summed E-state index contributed by atoms with van der Waals surface area (Å²) in [6, 6.07) is 1.76. The summed E-state index contributed by atoms with van der Waals surface area (Å²) in [6.07, 6.45) is 6.69. The monoisotopic (exact) mass is 235 g/mol. The van der Waals surface area contributed by atoms with Crippen molar-refractivity contribution in [3.8, 4) is 0 Å². The second-order valence-electron chi connectivity index (χ2n) is 3.87. The predicted molar refractivity (Wildman–Crippen MR) is 63.5 cm³/mol. The lowest BCUT2D eigenvalue weighted by atomic mass is 10.3. The molecule has 16 heavy (non-hydrogen) atoms. The third-order valence-corrected chi connectivity index (χ3v) is 3.01. The van der Waals surface area contributed by atoms with E-state index in [1.165, 1.54) is 6.20 Å². The number of nitrogens with one attached hydrogen (secondary N) is 1. The van der Waals surface area contributed by atoms with Crippen molar-refractivity contribution in [3.63, 3.8) is 0 Å². The fraction of sp³-hybridized carbons (Fsp3) is 0.273. The van der Waals surface area contributed by atoms with Crippen LogP contribution >= 0.6 is 11.6 Å². The molecule has 0 amide bonds. The summed E-state index contributed by atoms with van der Waals surface area (Å²) in [7, 11) is 0. The molecule has 0 radical (unpaired) electrons. The van der Waals surface area contributed by atoms with Crippen LogP contribution < -0.4 is 5.69 Å². The molecule has 0 saturated heterocycles. The summed E-state index contributed by atoms with van der Waals surface area (Å²) in [5, 5.41) is 0.541. The fourth-order valence-corrected chi connectivity index (χ4v) is 2.26. The molecule has 0 spiro atoms. The van der Waals surface area contributed by atoms with E-state index in [1.807, 2.05) is 0 Å². The lowest BCUT2D eigenvalue weighted by Crippen LogP contribution is -2.14. The molecule has 2 aromatic heterocycles. The van der Waals surface area contributed by atoms with Crippen molar-refractivity contribution in [2.45, 2.75) is 19.3 Å². The molecule has 82 valence electrons. The summed E-state index contributed by atoms with van der Waals surface area (Å²) < 4.78 is 1.67. The minimum Gasteiger partial charge on any atom is -0.290 e. The Morgan fingerprint density at radius 3 is 3.12 bits per heavy atom. The van der Waals surface area contributed by atoms with E-state index in [2.05, 4.69) is 16.0 Å². The Bertz CT molecular complexity index is 638. The topological polar surface area (TPSA) is 50.7 Å². The Morgan fingerprint density at radius 1 is 1.50 bits per heavy atom. The molecule has 3 rings (SSSR count). The SMILES string of the molecule is O=c1[nH]c2ncc(Cl)cc2n1C1=CCCC1. The van der Waals surface area contributed by atoms with Crippen LogP contribution in [0.4, 0.5) is 0 Å². The molecule has 5 heteroatoms. The Labute approximate surface area is 96.6 Å². The highest BCUT2D eigenvalue weighted by Crippen LogP contribution is 2.24. The van der Waals surface area contributed by atoms with Gasteiger partial charge in [0, 0.05) is 11.9 Å². The number of fused-ring (bicyclic) bond motifs is 1. The highest BCUT2D eigenvalue weighted by Gasteiger charge is 2.14. The second-order valence-corrected chi connectivity index (χ2v) is 4.31. The molecule has 1 aliphatic rings. The maximum atomic E-state index is 11.8. The largest absolute Gasteiger partial charge is 0.332 e. The highest BCUT2D eigenvalue weighted by atomic mass is 35.5. The quantitative estimate of drug-likeness (QED) is 0.825. The van der Waals surface area contributed by atoms with Crippen LogP contribution in [0.15, 0.2) is 23.1 Å². The van der Waals surface area contributed by atoms with Gasteiger partial charge in [-0.15, -0.1) is 0 Å². The number of pyridine rings is 1. The maximum absolute atomic E-state index is 11.8. The molecule has 4 nitrogen and oxygen atoms in total. The second kappa shape index (κ2) is 3.49. The Kier molecular flexibility index (Phi) is 2.11. The summed E-state index contributed by atoms with van der Waals surface area (Å²) in [4.78, 5) is 18.6. The first-order valence-corrected chi connectivity index (χ1v) is 5.59. The minimum absolute atomic E-state index is 0.141. The van der Waals surface area contributed by atoms with Gasteiger partial charge in [-0.05, 0) is 25.3 Å². The van der Waals surface area contributed by atoms with E-state index in [4.69, 9.17) is 11.6 Å². The zero-order valence-electron chi connectivity index (χ0n) is 8.53. The van der Waals surface area contributed by atoms with E-state index in [9.17, 15) is 4.79 Å². The molecule has 0 saturated carbocycles. The molecule has 0 aromatic carbocycles. The molecule has 0 fully saturated rings. The van der Waals surface area contributed by atoms with Crippen LogP contribution in [0.5, 0.6) is 0 Å². The van der Waals surface area contributed by atoms with Crippen LogP contribution in [-0.4, -0.2) is 14.5 Å². The summed E-state index contributed by atoms with van der Waals surface area (Å²) >= 11 is 5.90. The van der Waals surface area contributed by atoms with E-state index >= 15 is 0 Å². The van der Waals surface area contributed by atoms with Crippen molar-refractivity contribution < 1.29 is 0 Å². The van der Waals surface area contributed by atoms with Crippen molar-refractivity contribution in [3.05, 3.63) is 33.8 Å². The maximum Gasteiger partial charge on any atom is 0.332 e. The van der Waals surface area contributed by atoms with Gasteiger partial charge in [-0.2, -0.15) is 0 Å². The van der Waals surface area contributed by atoms with Gasteiger partial charge in [0.05, 0.1) is 10.5 Å². The van der Waals surface area contributed by atoms with Gasteiger partial charge in [0.1, 0.15) is 0 Å². The fourth-order valence-electron chi connectivity index (χ4n) is 2.10. The first-order valence-electron chi connectivity index (χ1n) is 5.21. The smallest absolute Gasteiger partial charge is 0.290 e. The van der Waals surface area contributed by atoms with Crippen LogP contribution in [0.2, 0.25) is 5.02 Å². The van der Waals surface area contributed by atoms with E-state index in [0.29, 0.717) is 10.7 Å². The van der Waals surface area contributed by atoms with Crippen LogP contribution in [0.1, 0.15) is 19.3 Å². The van der Waals surface area contributed by atoms with Crippen molar-refractivity contribution in [2.24, 2.45) is 0 Å². The molecule has 0 atom stereocenters. The average Bonchev–Trinajstić information content (AvgIpc) is 2.83. The van der Waals surface area contributed by atoms with Crippen molar-refractivity contribution in [1.82, 2.24) is 14.5 Å². The summed E-state index contributed by atoms with van der Waals surface area (Å²) in [6.45, 7) is 0. The standard InChI is InChI=1S/C11H10ClN3O/c12-7-5-9-10(13-6-7)14-11(16)15(9)8-3-1-2-4-8/h3,5-6H,1-2,4H2,(H,13,14,16). The summed E-state index contributed by atoms with van der Waals surface area (Å²) in [5.41, 5.74) is 2.24. The molecule has 2 heterocycles. The molecular weight excluding hydrogens is 226 g/mol. The number of allylic oxidation sites excluding steroid dienone is 2. The number of hydrogen-bond acceptors (Lipinski definition) is 2. The average molecular weight is 236 g/mol. The number of halogens is 1. The van der Waals surface area contributed by atoms with Gasteiger partial charge >= 0.3 is 5.69 Å². The molecular formula is C11H10ClN3O. The van der Waals surface area contributed by atoms with E-state index in [-0.39, 0.29) is 5.69 Å². The third-order valence-electron chi connectivity index (χ3n) is 2.81. The third kappa shape index (κ3) is 1.38. The summed E-state index contributed by atoms with van der Waals surface area (Å²) in [5.74, 6) is 0. The number of hydrogen-bond donors (Lipinski definition) is 1. The van der Waals surface area contributed by atoms with Crippen molar-refractivity contribution in [2.75, 3.05) is 0 Å². The molecule has 1 N–H and O–H groups in total. The van der Waals surface area contributed by atoms with Crippen LogP contribution in [0.3, 0.4) is 0 Å². The predicted octanol–water partition coefficient (Wildman–Crippen LogP) is 2.40. The molecule has 0 unspecified atom stereocenters. The number of rotatable bonds is 1. The lowest BCUT2D eigenvalue weighted by molar-refractivity contribution is 0.899. The Hall–Kier alpha value is -1.55. The number of aromatic amines is 1. The highest BCUT2D eigenvalue weighted by molar-refractivity contribution is 6.31. The van der Waals surface area contributed by atoms with Gasteiger partial charge in [-0.1, -0.05) is 17.7 Å². The van der Waals surface area contributed by atoms with Crippen LogP contribution in [-0.2, 0) is 0 Å². The van der Waals surface area contributed by atoms with E-state index in [1.54, 1.807) is 10.6 Å². The molecule has 1 aliphatic carbocycles. The van der Waals surface area contributed by atoms with Gasteiger partial charge in [-0.25, -0.2) is 9.78 Å². The van der Waals surface area contributed by atoms with Gasteiger partial charge in [-0.3, -0.25) is 9.55 Å². The van der Waals surface area contributed by atoms with Gasteiger partial charge in [0.15, 0.2) is 5.65 Å². The van der Waals surface area contributed by atoms with E-state index in [0.717, 1.165) is 30.5 Å². The first kappa shape index (κ1) is 9.66. The molecule has 0 aliphatic heterocycles. The Morgan fingerprint density at radius 2 is 2.38 bits per heavy atom.